The largest absolute Gasteiger partial charge is 0.444 e. The van der Waals surface area contributed by atoms with Gasteiger partial charge in [-0.1, -0.05) is 19.3 Å². The highest BCUT2D eigenvalue weighted by Crippen LogP contribution is 2.64. The van der Waals surface area contributed by atoms with Gasteiger partial charge in [0.2, 0.25) is 0 Å². The number of amides is 1. The molecule has 10 heteroatoms. The van der Waals surface area contributed by atoms with Gasteiger partial charge in [0.1, 0.15) is 5.60 Å². The van der Waals surface area contributed by atoms with Crippen LogP contribution in [-0.4, -0.2) is 42.4 Å². The summed E-state index contributed by atoms with van der Waals surface area (Å²) in [5.41, 5.74) is -4.41. The van der Waals surface area contributed by atoms with Gasteiger partial charge in [-0.2, -0.15) is 8.78 Å². The van der Waals surface area contributed by atoms with Gasteiger partial charge >= 0.3 is 11.8 Å². The summed E-state index contributed by atoms with van der Waals surface area (Å²) in [5.74, 6) is -0.777. The van der Waals surface area contributed by atoms with E-state index in [2.05, 4.69) is 5.32 Å². The van der Waals surface area contributed by atoms with Crippen molar-refractivity contribution >= 4 is 30.2 Å². The van der Waals surface area contributed by atoms with Crippen LogP contribution < -0.4 is 5.32 Å². The van der Waals surface area contributed by atoms with Gasteiger partial charge in [0.05, 0.1) is 19.3 Å². The molecule has 1 fully saturated rings. The molecular weight excluding hydrogens is 423 g/mol. The highest BCUT2D eigenvalue weighted by Gasteiger charge is 2.51. The molecule has 0 aromatic rings. The topological polar surface area (TPSA) is 73.9 Å². The number of alkyl halides is 2. The first-order chi connectivity index (χ1) is 13.3. The van der Waals surface area contributed by atoms with Crippen molar-refractivity contribution in [2.75, 3.05) is 13.2 Å². The summed E-state index contributed by atoms with van der Waals surface area (Å²) in [4.78, 5) is 25.2. The Morgan fingerprint density at radius 1 is 1.10 bits per heavy atom. The van der Waals surface area contributed by atoms with Crippen molar-refractivity contribution in [3.05, 3.63) is 0 Å². The summed E-state index contributed by atoms with van der Waals surface area (Å²) < 4.78 is 45.8. The molecule has 0 unspecified atom stereocenters. The minimum atomic E-state index is -3.98. The van der Waals surface area contributed by atoms with Crippen LogP contribution in [0.2, 0.25) is 0 Å². The Bertz CT molecular complexity index is 596. The van der Waals surface area contributed by atoms with E-state index < -0.39 is 42.1 Å². The lowest BCUT2D eigenvalue weighted by Gasteiger charge is -2.33. The van der Waals surface area contributed by atoms with Crippen molar-refractivity contribution in [1.82, 2.24) is 5.32 Å². The van der Waals surface area contributed by atoms with Crippen LogP contribution in [0.1, 0.15) is 73.1 Å². The second-order valence-corrected chi connectivity index (χ2v) is 11.7. The fourth-order valence-corrected chi connectivity index (χ4v) is 5.66. The lowest BCUT2D eigenvalue weighted by molar-refractivity contribution is -0.127. The minimum absolute atomic E-state index is 0.0341. The lowest BCUT2D eigenvalue weighted by atomic mass is 9.83. The van der Waals surface area contributed by atoms with Crippen LogP contribution >= 0.6 is 6.49 Å². The third kappa shape index (κ3) is 8.19. The van der Waals surface area contributed by atoms with Crippen LogP contribution in [0.4, 0.5) is 13.6 Å². The molecular formula is C19H34F2NO5PS. The predicted octanol–water partition coefficient (Wildman–Crippen LogP) is 5.39. The Balaban J connectivity index is 3.09. The third-order valence-electron chi connectivity index (χ3n) is 4.49. The fourth-order valence-electron chi connectivity index (χ4n) is 3.27. The zero-order valence-electron chi connectivity index (χ0n) is 18.0. The zero-order chi connectivity index (χ0) is 22.3. The third-order valence-corrected chi connectivity index (χ3v) is 8.10. The van der Waals surface area contributed by atoms with Crippen molar-refractivity contribution in [3.63, 3.8) is 0 Å². The van der Waals surface area contributed by atoms with Gasteiger partial charge in [0.15, 0.2) is 5.78 Å². The first-order valence-electron chi connectivity index (χ1n) is 10.2. The van der Waals surface area contributed by atoms with E-state index in [1.807, 2.05) is 0 Å². The van der Waals surface area contributed by atoms with E-state index in [-0.39, 0.29) is 19.1 Å². The number of carbonyl (C=O) groups excluding carboxylic acids is 2. The second kappa shape index (κ2) is 11.1. The van der Waals surface area contributed by atoms with Crippen molar-refractivity contribution in [2.45, 2.75) is 90.5 Å². The van der Waals surface area contributed by atoms with Gasteiger partial charge in [-0.3, -0.25) is 4.79 Å². The number of alkyl carbamates (subject to hydrolysis) is 1. The number of ether oxygens (including phenoxy) is 1. The standard InChI is InChI=1S/C19H34F2NO5PS/c1-6-25-28(29,26-7-2)19(20,21)13-15(22-17(24)27-18(3,4)5)16(23)14-11-9-8-10-12-14/h14-15H,6-13H2,1-5H3,(H,22,24)/t15-/m1/s1. The summed E-state index contributed by atoms with van der Waals surface area (Å²) in [6, 6.07) is -1.42. The van der Waals surface area contributed by atoms with Crippen LogP contribution in [0.3, 0.4) is 0 Å². The molecule has 1 atom stereocenters. The quantitative estimate of drug-likeness (QED) is 0.443. The molecule has 0 aromatic heterocycles. The normalized spacial score (nSPS) is 17.6. The summed E-state index contributed by atoms with van der Waals surface area (Å²) in [7, 11) is 0. The number of ketones is 1. The van der Waals surface area contributed by atoms with Gasteiger partial charge in [-0.05, 0) is 59.3 Å². The average molecular weight is 458 g/mol. The Hall–Kier alpha value is -0.630. The maximum absolute atomic E-state index is 15.2. The van der Waals surface area contributed by atoms with Crippen LogP contribution in [-0.2, 0) is 30.4 Å². The van der Waals surface area contributed by atoms with Gasteiger partial charge in [-0.25, -0.2) is 4.79 Å². The van der Waals surface area contributed by atoms with Gasteiger partial charge in [0, 0.05) is 12.3 Å². The Morgan fingerprint density at radius 2 is 1.62 bits per heavy atom. The van der Waals surface area contributed by atoms with Gasteiger partial charge < -0.3 is 19.1 Å². The molecule has 1 saturated carbocycles. The first-order valence-corrected chi connectivity index (χ1v) is 12.8. The number of carbonyl (C=O) groups is 2. The number of rotatable bonds is 10. The van der Waals surface area contributed by atoms with E-state index in [0.29, 0.717) is 12.8 Å². The molecule has 1 rings (SSSR count). The molecule has 0 bridgehead atoms. The molecule has 0 saturated heterocycles. The number of hydrogen-bond acceptors (Lipinski definition) is 6. The van der Waals surface area contributed by atoms with E-state index in [0.717, 1.165) is 19.3 Å². The molecule has 0 aromatic carbocycles. The summed E-state index contributed by atoms with van der Waals surface area (Å²) in [6.07, 6.45) is 2.11. The Labute approximate surface area is 177 Å². The average Bonchev–Trinajstić information content (AvgIpc) is 2.59. The van der Waals surface area contributed by atoms with Crippen LogP contribution in [0.25, 0.3) is 0 Å². The molecule has 0 radical (unpaired) electrons. The minimum Gasteiger partial charge on any atom is -0.444 e. The SMILES string of the molecule is CCOP(=S)(OCC)C(F)(F)C[C@@H](NC(=O)OC(C)(C)C)C(=O)C1CCCCC1. The summed E-state index contributed by atoms with van der Waals surface area (Å²) in [5, 5.41) is 2.35. The van der Waals surface area contributed by atoms with Crippen molar-refractivity contribution in [2.24, 2.45) is 5.92 Å². The summed E-state index contributed by atoms with van der Waals surface area (Å²) in [6.45, 7) is 4.03. The van der Waals surface area contributed by atoms with Crippen molar-refractivity contribution < 1.29 is 32.2 Å². The highest BCUT2D eigenvalue weighted by molar-refractivity contribution is 8.10. The molecule has 0 heterocycles. The second-order valence-electron chi connectivity index (χ2n) is 8.14. The molecule has 0 spiro atoms. The molecule has 0 aliphatic heterocycles. The fraction of sp³-hybridized carbons (Fsp3) is 0.895. The van der Waals surface area contributed by atoms with Crippen LogP contribution in [0.15, 0.2) is 0 Å². The van der Waals surface area contributed by atoms with Crippen molar-refractivity contribution in [1.29, 1.82) is 0 Å². The van der Waals surface area contributed by atoms with Gasteiger partial charge in [0.25, 0.3) is 6.49 Å². The lowest BCUT2D eigenvalue weighted by Crippen LogP contribution is -2.48. The molecule has 29 heavy (non-hydrogen) atoms. The summed E-state index contributed by atoms with van der Waals surface area (Å²) >= 11 is 5.06. The first kappa shape index (κ1) is 26.4. The molecule has 1 aliphatic carbocycles. The Morgan fingerprint density at radius 3 is 2.07 bits per heavy atom. The highest BCUT2D eigenvalue weighted by atomic mass is 32.5. The molecule has 170 valence electrons. The monoisotopic (exact) mass is 457 g/mol. The number of hydrogen-bond donors (Lipinski definition) is 1. The van der Waals surface area contributed by atoms with Gasteiger partial charge in [-0.15, -0.1) is 0 Å². The van der Waals surface area contributed by atoms with E-state index >= 15 is 8.78 Å². The molecule has 1 aliphatic rings. The molecule has 6 nitrogen and oxygen atoms in total. The maximum atomic E-state index is 15.2. The van der Waals surface area contributed by atoms with Crippen LogP contribution in [0.5, 0.6) is 0 Å². The molecule has 1 N–H and O–H groups in total. The molecule has 1 amide bonds. The van der Waals surface area contributed by atoms with E-state index in [4.69, 9.17) is 25.6 Å². The van der Waals surface area contributed by atoms with E-state index in [1.165, 1.54) is 0 Å². The number of halogens is 2. The smallest absolute Gasteiger partial charge is 0.408 e. The zero-order valence-corrected chi connectivity index (χ0v) is 19.7. The maximum Gasteiger partial charge on any atom is 0.408 e. The van der Waals surface area contributed by atoms with E-state index in [9.17, 15) is 9.59 Å². The number of Topliss-reactive ketones (excluding diaryl/α,β-unsaturated/α-hetero) is 1. The van der Waals surface area contributed by atoms with Crippen LogP contribution in [0, 0.1) is 5.92 Å². The van der Waals surface area contributed by atoms with Crippen molar-refractivity contribution in [3.8, 4) is 0 Å². The Kier molecular flexibility index (Phi) is 10.1. The number of nitrogens with one attached hydrogen (secondary N) is 1. The predicted molar refractivity (Wildman–Crippen MR) is 112 cm³/mol. The van der Waals surface area contributed by atoms with E-state index in [1.54, 1.807) is 34.6 Å².